The quantitative estimate of drug-likeness (QED) is 0.330. The van der Waals surface area contributed by atoms with E-state index < -0.39 is 23.8 Å². The number of benzene rings is 3. The van der Waals surface area contributed by atoms with Crippen LogP contribution in [0.1, 0.15) is 29.6 Å². The predicted molar refractivity (Wildman–Crippen MR) is 127 cm³/mol. The van der Waals surface area contributed by atoms with E-state index in [9.17, 15) is 17.4 Å². The molecule has 176 valence electrons. The van der Waals surface area contributed by atoms with Gasteiger partial charge in [0, 0.05) is 17.7 Å². The monoisotopic (exact) mass is 485 g/mol. The van der Waals surface area contributed by atoms with Crippen LogP contribution in [0.4, 0.5) is 18.9 Å². The van der Waals surface area contributed by atoms with Gasteiger partial charge in [0.2, 0.25) is 0 Å². The highest BCUT2D eigenvalue weighted by molar-refractivity contribution is 7.85. The molecule has 0 bridgehead atoms. The topological polar surface area (TPSA) is 67.0 Å². The first-order valence-corrected chi connectivity index (χ1v) is 12.3. The highest BCUT2D eigenvalue weighted by Gasteiger charge is 2.41. The number of anilines is 1. The van der Waals surface area contributed by atoms with Gasteiger partial charge in [-0.1, -0.05) is 36.4 Å². The molecular formula is C25H22F3N3O2S. The fraction of sp³-hybridized carbons (Fsp3) is 0.240. The molecule has 1 aliphatic carbocycles. The molecule has 9 heteroatoms. The van der Waals surface area contributed by atoms with Crippen LogP contribution in [-0.4, -0.2) is 33.2 Å². The molecule has 1 saturated carbocycles. The van der Waals surface area contributed by atoms with E-state index in [1.807, 2.05) is 54.6 Å². The highest BCUT2D eigenvalue weighted by Crippen LogP contribution is 2.54. The lowest BCUT2D eigenvalue weighted by Crippen LogP contribution is -2.19. The molecule has 1 fully saturated rings. The maximum Gasteiger partial charge on any atom is 0.422 e. The van der Waals surface area contributed by atoms with Crippen LogP contribution >= 0.6 is 0 Å². The second kappa shape index (κ2) is 8.79. The number of aromatic nitrogens is 2. The summed E-state index contributed by atoms with van der Waals surface area (Å²) >= 11 is 0. The van der Waals surface area contributed by atoms with Gasteiger partial charge >= 0.3 is 6.18 Å². The van der Waals surface area contributed by atoms with Gasteiger partial charge < -0.3 is 14.4 Å². The number of hydrogen-bond acceptors (Lipinski definition) is 3. The van der Waals surface area contributed by atoms with Crippen LogP contribution in [0.2, 0.25) is 0 Å². The largest absolute Gasteiger partial charge is 0.484 e. The summed E-state index contributed by atoms with van der Waals surface area (Å²) in [4.78, 5) is 8.20. The minimum Gasteiger partial charge on any atom is -0.484 e. The molecule has 0 spiro atoms. The van der Waals surface area contributed by atoms with E-state index in [0.717, 1.165) is 45.7 Å². The summed E-state index contributed by atoms with van der Waals surface area (Å²) in [6.45, 7) is -1.30. The van der Waals surface area contributed by atoms with Gasteiger partial charge in [0.15, 0.2) is 6.61 Å². The zero-order chi connectivity index (χ0) is 23.9. The van der Waals surface area contributed by atoms with Gasteiger partial charge in [-0.15, -0.1) is 0 Å². The lowest BCUT2D eigenvalue weighted by Gasteiger charge is -2.10. The van der Waals surface area contributed by atoms with Crippen LogP contribution < -0.4 is 9.46 Å². The molecule has 5 rings (SSSR count). The van der Waals surface area contributed by atoms with E-state index in [2.05, 4.69) is 9.71 Å². The molecule has 2 N–H and O–H groups in total. The average Bonchev–Trinajstić information content (AvgIpc) is 3.48. The van der Waals surface area contributed by atoms with Gasteiger partial charge in [-0.3, -0.25) is 0 Å². The third-order valence-corrected chi connectivity index (χ3v) is 6.35. The van der Waals surface area contributed by atoms with Crippen LogP contribution in [0.15, 0.2) is 66.7 Å². The van der Waals surface area contributed by atoms with E-state index in [0.29, 0.717) is 0 Å². The molecule has 4 aromatic rings. The number of nitrogens with one attached hydrogen (secondary N) is 2. The smallest absolute Gasteiger partial charge is 0.422 e. The van der Waals surface area contributed by atoms with E-state index in [1.165, 1.54) is 0 Å². The molecule has 3 atom stereocenters. The van der Waals surface area contributed by atoms with Crippen LogP contribution in [0.3, 0.4) is 0 Å². The number of para-hydroxylation sites is 1. The summed E-state index contributed by atoms with van der Waals surface area (Å²) in [6, 6.07) is 20.5. The summed E-state index contributed by atoms with van der Waals surface area (Å²) in [5.41, 5.74) is 5.57. The Morgan fingerprint density at radius 1 is 1.09 bits per heavy atom. The SMILES string of the molecule is CS(=O)Nc1ccccc1-c1ccc2nc(C3CC3c3ccc(OCC(F)(F)F)cc3)[nH]c2c1. The molecule has 1 aromatic heterocycles. The van der Waals surface area contributed by atoms with Gasteiger partial charge in [-0.05, 0) is 53.8 Å². The molecule has 3 unspecified atom stereocenters. The van der Waals surface area contributed by atoms with Crippen molar-refractivity contribution >= 4 is 27.7 Å². The summed E-state index contributed by atoms with van der Waals surface area (Å²) in [6.07, 6.45) is -1.84. The van der Waals surface area contributed by atoms with Crippen LogP contribution in [0.25, 0.3) is 22.2 Å². The van der Waals surface area contributed by atoms with Gasteiger partial charge in [-0.25, -0.2) is 9.19 Å². The second-order valence-corrected chi connectivity index (χ2v) is 9.49. The Bertz CT molecular complexity index is 1350. The Balaban J connectivity index is 1.32. The number of ether oxygens (including phenoxy) is 1. The summed E-state index contributed by atoms with van der Waals surface area (Å²) in [7, 11) is -1.18. The van der Waals surface area contributed by atoms with Crippen molar-refractivity contribution in [3.8, 4) is 16.9 Å². The third kappa shape index (κ3) is 4.94. The van der Waals surface area contributed by atoms with Gasteiger partial charge in [0.05, 0.1) is 16.7 Å². The number of halogens is 3. The van der Waals surface area contributed by atoms with E-state index in [4.69, 9.17) is 9.72 Å². The van der Waals surface area contributed by atoms with E-state index in [1.54, 1.807) is 18.4 Å². The van der Waals surface area contributed by atoms with Crippen molar-refractivity contribution in [1.82, 2.24) is 9.97 Å². The standard InChI is InChI=1S/C25H22F3N3O2S/c1-34(32)31-21-5-3-2-4-18(21)16-8-11-22-23(12-16)30-24(29-22)20-13-19(20)15-6-9-17(10-7-15)33-14-25(26,27)28/h2-12,19-20,31H,13-14H2,1H3,(H,29,30). The fourth-order valence-electron chi connectivity index (χ4n) is 4.19. The average molecular weight is 486 g/mol. The first kappa shape index (κ1) is 22.5. The maximum absolute atomic E-state index is 12.3. The Kier molecular flexibility index (Phi) is 5.81. The second-order valence-electron chi connectivity index (χ2n) is 8.38. The maximum atomic E-state index is 12.3. The normalized spacial score (nSPS) is 18.6. The zero-order valence-electron chi connectivity index (χ0n) is 18.2. The number of H-pyrrole nitrogens is 1. The molecule has 0 saturated heterocycles. The number of aromatic amines is 1. The van der Waals surface area contributed by atoms with Gasteiger partial charge in [0.25, 0.3) is 0 Å². The zero-order valence-corrected chi connectivity index (χ0v) is 19.0. The van der Waals surface area contributed by atoms with Crippen molar-refractivity contribution < 1.29 is 22.1 Å². The molecule has 1 aliphatic rings. The van der Waals surface area contributed by atoms with Crippen molar-refractivity contribution in [2.24, 2.45) is 0 Å². The first-order chi connectivity index (χ1) is 16.3. The lowest BCUT2D eigenvalue weighted by molar-refractivity contribution is -0.153. The number of alkyl halides is 3. The highest BCUT2D eigenvalue weighted by atomic mass is 32.2. The molecule has 3 aromatic carbocycles. The Morgan fingerprint density at radius 2 is 1.85 bits per heavy atom. The van der Waals surface area contributed by atoms with E-state index >= 15 is 0 Å². The Hall–Kier alpha value is -3.33. The number of nitrogens with zero attached hydrogens (tertiary/aromatic N) is 1. The number of imidazole rings is 1. The molecular weight excluding hydrogens is 463 g/mol. The van der Waals surface area contributed by atoms with Crippen LogP contribution in [0, 0.1) is 0 Å². The van der Waals surface area contributed by atoms with E-state index in [-0.39, 0.29) is 17.6 Å². The van der Waals surface area contributed by atoms with Crippen molar-refractivity contribution in [1.29, 1.82) is 0 Å². The molecule has 0 aliphatic heterocycles. The van der Waals surface area contributed by atoms with Crippen LogP contribution in [-0.2, 0) is 11.0 Å². The van der Waals surface area contributed by atoms with Crippen molar-refractivity contribution in [3.63, 3.8) is 0 Å². The van der Waals surface area contributed by atoms with Gasteiger partial charge in [0.1, 0.15) is 22.6 Å². The summed E-state index contributed by atoms with van der Waals surface area (Å²) < 4.78 is 56.4. The molecule has 1 heterocycles. The predicted octanol–water partition coefficient (Wildman–Crippen LogP) is 6.15. The van der Waals surface area contributed by atoms with Crippen molar-refractivity contribution in [2.75, 3.05) is 17.6 Å². The number of rotatable bonds is 7. The van der Waals surface area contributed by atoms with Crippen molar-refractivity contribution in [3.05, 3.63) is 78.1 Å². The Morgan fingerprint density at radius 3 is 2.59 bits per heavy atom. The minimum absolute atomic E-state index is 0.205. The lowest BCUT2D eigenvalue weighted by atomic mass is 10.0. The van der Waals surface area contributed by atoms with Crippen LogP contribution in [0.5, 0.6) is 5.75 Å². The summed E-state index contributed by atoms with van der Waals surface area (Å²) in [5, 5.41) is 0. The molecule has 0 amide bonds. The molecule has 34 heavy (non-hydrogen) atoms. The number of hydrogen-bond donors (Lipinski definition) is 2. The Labute approximate surface area is 197 Å². The molecule has 5 nitrogen and oxygen atoms in total. The third-order valence-electron chi connectivity index (χ3n) is 5.84. The first-order valence-electron chi connectivity index (χ1n) is 10.8. The summed E-state index contributed by atoms with van der Waals surface area (Å²) in [5.74, 6) is 1.60. The minimum atomic E-state index is -4.35. The van der Waals surface area contributed by atoms with Crippen molar-refractivity contribution in [2.45, 2.75) is 24.4 Å². The fourth-order valence-corrected chi connectivity index (χ4v) is 4.68. The van der Waals surface area contributed by atoms with Gasteiger partial charge in [-0.2, -0.15) is 13.2 Å². The number of fused-ring (bicyclic) bond motifs is 1. The molecule has 0 radical (unpaired) electrons.